The molecule has 2 heteroatoms. The Labute approximate surface area is 77.1 Å². The van der Waals surface area contributed by atoms with Gasteiger partial charge in [0, 0.05) is 45.9 Å². The average Bonchev–Trinajstić information content (AvgIpc) is 1.72. The van der Waals surface area contributed by atoms with Crippen molar-refractivity contribution in [2.45, 2.75) is 12.8 Å². The van der Waals surface area contributed by atoms with Crippen molar-refractivity contribution in [1.82, 2.24) is 0 Å². The van der Waals surface area contributed by atoms with Crippen LogP contribution in [-0.4, -0.2) is 13.2 Å². The summed E-state index contributed by atoms with van der Waals surface area (Å²) in [6.07, 6.45) is 4.57. The van der Waals surface area contributed by atoms with Crippen LogP contribution >= 0.6 is 0 Å². The van der Waals surface area contributed by atoms with E-state index < -0.39 is 0 Å². The van der Waals surface area contributed by atoms with Crippen LogP contribution in [0.4, 0.5) is 0 Å². The Morgan fingerprint density at radius 1 is 1.12 bits per heavy atom. The van der Waals surface area contributed by atoms with Crippen LogP contribution in [-0.2, 0) is 37.4 Å². The fourth-order valence-corrected chi connectivity index (χ4v) is 0.580. The minimum atomic E-state index is 0. The van der Waals surface area contributed by atoms with Gasteiger partial charge in [-0.15, -0.1) is 0 Å². The molecule has 1 rings (SSSR count). The molecular formula is C6H12OY-2. The van der Waals surface area contributed by atoms with E-state index in [4.69, 9.17) is 4.74 Å². The summed E-state index contributed by atoms with van der Waals surface area (Å²) in [5, 5.41) is 0. The van der Waals surface area contributed by atoms with E-state index in [1.165, 1.54) is 0 Å². The van der Waals surface area contributed by atoms with Crippen LogP contribution in [0.2, 0.25) is 0 Å². The van der Waals surface area contributed by atoms with Gasteiger partial charge < -0.3 is 18.6 Å². The molecule has 0 amide bonds. The standard InChI is InChI=1S/C5H9O.CH3.Y/c1-2-4-6-5-3-1;;/h1H,2-5H2;1H3;/q2*-1;. The van der Waals surface area contributed by atoms with E-state index in [0.717, 1.165) is 26.1 Å². The Kier molecular flexibility index (Phi) is 11.9. The topological polar surface area (TPSA) is 9.23 Å². The Bertz CT molecular complexity index is 24.0. The summed E-state index contributed by atoms with van der Waals surface area (Å²) in [7, 11) is 0. The first kappa shape index (κ1) is 11.8. The molecule has 1 fully saturated rings. The van der Waals surface area contributed by atoms with Crippen molar-refractivity contribution in [3.8, 4) is 0 Å². The van der Waals surface area contributed by atoms with Crippen LogP contribution in [0.25, 0.3) is 0 Å². The van der Waals surface area contributed by atoms with Crippen molar-refractivity contribution >= 4 is 0 Å². The van der Waals surface area contributed by atoms with Crippen molar-refractivity contribution in [2.75, 3.05) is 13.2 Å². The molecule has 0 aromatic carbocycles. The van der Waals surface area contributed by atoms with Crippen molar-refractivity contribution < 1.29 is 37.4 Å². The zero-order valence-corrected chi connectivity index (χ0v) is 8.23. The first-order valence-electron chi connectivity index (χ1n) is 2.39. The van der Waals surface area contributed by atoms with Gasteiger partial charge >= 0.3 is 0 Å². The van der Waals surface area contributed by atoms with Gasteiger partial charge in [0.05, 0.1) is 0 Å². The largest absolute Gasteiger partial charge is 0.387 e. The zero-order valence-electron chi connectivity index (χ0n) is 5.39. The van der Waals surface area contributed by atoms with Gasteiger partial charge in [0.1, 0.15) is 0 Å². The predicted molar refractivity (Wildman–Crippen MR) is 30.8 cm³/mol. The molecule has 0 aromatic rings. The second kappa shape index (κ2) is 8.06. The van der Waals surface area contributed by atoms with Crippen LogP contribution in [0.3, 0.4) is 0 Å². The summed E-state index contributed by atoms with van der Waals surface area (Å²) in [5.41, 5.74) is 0. The van der Waals surface area contributed by atoms with Crippen molar-refractivity contribution in [3.63, 3.8) is 0 Å². The maximum absolute atomic E-state index is 5.04. The normalized spacial score (nSPS) is 18.0. The van der Waals surface area contributed by atoms with Crippen LogP contribution in [0.15, 0.2) is 0 Å². The molecule has 0 saturated carbocycles. The summed E-state index contributed by atoms with van der Waals surface area (Å²) >= 11 is 0. The van der Waals surface area contributed by atoms with E-state index in [2.05, 4.69) is 6.42 Å². The maximum atomic E-state index is 5.04. The molecule has 1 saturated heterocycles. The van der Waals surface area contributed by atoms with E-state index in [0.29, 0.717) is 0 Å². The number of ether oxygens (including phenoxy) is 1. The third-order valence-electron chi connectivity index (χ3n) is 0.933. The molecule has 1 radical (unpaired) electrons. The summed E-state index contributed by atoms with van der Waals surface area (Å²) in [4.78, 5) is 0. The maximum Gasteiger partial charge on any atom is 0.0195 e. The quantitative estimate of drug-likeness (QED) is 0.524. The van der Waals surface area contributed by atoms with Gasteiger partial charge in [0.15, 0.2) is 0 Å². The smallest absolute Gasteiger partial charge is 0.0195 e. The van der Waals surface area contributed by atoms with Gasteiger partial charge in [-0.2, -0.15) is 12.8 Å². The SMILES string of the molecule is [CH-]1CCOCC1.[CH3-].[Y]. The van der Waals surface area contributed by atoms with Crippen molar-refractivity contribution in [1.29, 1.82) is 0 Å². The summed E-state index contributed by atoms with van der Waals surface area (Å²) in [6.45, 7) is 1.89. The van der Waals surface area contributed by atoms with Gasteiger partial charge in [-0.05, 0) is 0 Å². The molecular weight excluding hydrogens is 177 g/mol. The fourth-order valence-electron chi connectivity index (χ4n) is 0.580. The fraction of sp³-hybridized carbons (Fsp3) is 0.667. The van der Waals surface area contributed by atoms with Gasteiger partial charge in [0.2, 0.25) is 0 Å². The molecule has 1 aliphatic rings. The second-order valence-corrected chi connectivity index (χ2v) is 1.48. The number of rotatable bonds is 0. The molecule has 0 spiro atoms. The van der Waals surface area contributed by atoms with Gasteiger partial charge in [-0.1, -0.05) is 0 Å². The molecule has 1 heterocycles. The molecule has 47 valence electrons. The summed E-state index contributed by atoms with van der Waals surface area (Å²) in [6, 6.07) is 0. The number of hydrogen-bond acceptors (Lipinski definition) is 1. The second-order valence-electron chi connectivity index (χ2n) is 1.48. The molecule has 0 bridgehead atoms. The van der Waals surface area contributed by atoms with Gasteiger partial charge in [-0.3, -0.25) is 0 Å². The molecule has 1 aliphatic heterocycles. The Morgan fingerprint density at radius 2 is 1.62 bits per heavy atom. The van der Waals surface area contributed by atoms with Crippen molar-refractivity contribution in [3.05, 3.63) is 13.8 Å². The number of hydrogen-bond donors (Lipinski definition) is 0. The Balaban J connectivity index is 0. The van der Waals surface area contributed by atoms with Crippen LogP contribution in [0.1, 0.15) is 12.8 Å². The van der Waals surface area contributed by atoms with E-state index in [1.807, 2.05) is 0 Å². The summed E-state index contributed by atoms with van der Waals surface area (Å²) in [5.74, 6) is 0. The van der Waals surface area contributed by atoms with Gasteiger partial charge in [0.25, 0.3) is 0 Å². The van der Waals surface area contributed by atoms with E-state index in [-0.39, 0.29) is 40.1 Å². The molecule has 0 aromatic heterocycles. The monoisotopic (exact) mass is 189 g/mol. The molecule has 0 atom stereocenters. The van der Waals surface area contributed by atoms with E-state index in [9.17, 15) is 0 Å². The summed E-state index contributed by atoms with van der Waals surface area (Å²) < 4.78 is 5.04. The van der Waals surface area contributed by atoms with Crippen LogP contribution in [0, 0.1) is 13.8 Å². The van der Waals surface area contributed by atoms with E-state index >= 15 is 0 Å². The van der Waals surface area contributed by atoms with E-state index in [1.54, 1.807) is 0 Å². The minimum Gasteiger partial charge on any atom is -0.387 e. The minimum absolute atomic E-state index is 0. The predicted octanol–water partition coefficient (Wildman–Crippen LogP) is 1.45. The van der Waals surface area contributed by atoms with Crippen LogP contribution < -0.4 is 0 Å². The first-order chi connectivity index (χ1) is 3.00. The molecule has 0 unspecified atom stereocenters. The van der Waals surface area contributed by atoms with Gasteiger partial charge in [-0.25, -0.2) is 0 Å². The van der Waals surface area contributed by atoms with Crippen LogP contribution in [0.5, 0.6) is 0 Å². The first-order valence-corrected chi connectivity index (χ1v) is 2.39. The molecule has 1 nitrogen and oxygen atoms in total. The Morgan fingerprint density at radius 3 is 1.75 bits per heavy atom. The third-order valence-corrected chi connectivity index (χ3v) is 0.933. The van der Waals surface area contributed by atoms with Crippen molar-refractivity contribution in [2.24, 2.45) is 0 Å². The Hall–Kier alpha value is 1.06. The average molecular weight is 189 g/mol. The molecule has 0 N–H and O–H groups in total. The third kappa shape index (κ3) is 5.21. The zero-order chi connectivity index (χ0) is 4.24. The molecule has 0 aliphatic carbocycles. The molecule has 8 heavy (non-hydrogen) atoms.